The summed E-state index contributed by atoms with van der Waals surface area (Å²) in [5.74, 6) is 1.12. The summed E-state index contributed by atoms with van der Waals surface area (Å²) >= 11 is 1.55. The number of nitrogens with one attached hydrogen (secondary N) is 1. The second-order valence-electron chi connectivity index (χ2n) is 6.90. The minimum atomic E-state index is -0.605. The molecule has 4 rings (SSSR count). The Balaban J connectivity index is 1.44. The number of ether oxygens (including phenoxy) is 2. The standard InChI is InChI=1S/C23H22N2O4S/c1-16-23(27)25(11-12-28-18-6-3-2-4-7-18)20-10-9-17(14-21(20)29-16)24-22(26)15-19-8-5-13-30-19/h2-10,13-14,16H,11-12,15H2,1H3,(H,24,26). The van der Waals surface area contributed by atoms with Crippen molar-refractivity contribution in [1.82, 2.24) is 0 Å². The Morgan fingerprint density at radius 2 is 2.00 bits per heavy atom. The maximum atomic E-state index is 12.6. The molecule has 3 aromatic rings. The molecule has 1 aliphatic heterocycles. The van der Waals surface area contributed by atoms with Crippen molar-refractivity contribution in [2.24, 2.45) is 0 Å². The van der Waals surface area contributed by atoms with E-state index in [0.717, 1.165) is 10.6 Å². The molecule has 30 heavy (non-hydrogen) atoms. The van der Waals surface area contributed by atoms with Gasteiger partial charge in [-0.05, 0) is 42.6 Å². The van der Waals surface area contributed by atoms with Gasteiger partial charge in [0.25, 0.3) is 5.91 Å². The van der Waals surface area contributed by atoms with Crippen LogP contribution in [0.1, 0.15) is 11.8 Å². The molecule has 0 radical (unpaired) electrons. The zero-order chi connectivity index (χ0) is 20.9. The third-order valence-corrected chi connectivity index (χ3v) is 5.57. The number of benzene rings is 2. The van der Waals surface area contributed by atoms with Crippen molar-refractivity contribution in [3.63, 3.8) is 0 Å². The minimum Gasteiger partial charge on any atom is -0.492 e. The zero-order valence-corrected chi connectivity index (χ0v) is 17.4. The minimum absolute atomic E-state index is 0.0922. The molecule has 0 bridgehead atoms. The topological polar surface area (TPSA) is 67.9 Å². The summed E-state index contributed by atoms with van der Waals surface area (Å²) in [6.45, 7) is 2.48. The molecule has 7 heteroatoms. The fourth-order valence-corrected chi connectivity index (χ4v) is 3.97. The Morgan fingerprint density at radius 1 is 1.17 bits per heavy atom. The Hall–Kier alpha value is -3.32. The highest BCUT2D eigenvalue weighted by Gasteiger charge is 2.31. The Bertz CT molecular complexity index is 1020. The van der Waals surface area contributed by atoms with Crippen LogP contribution >= 0.6 is 11.3 Å². The predicted octanol–water partition coefficient (Wildman–Crippen LogP) is 4.12. The number of anilines is 2. The van der Waals surface area contributed by atoms with Crippen LogP contribution in [-0.4, -0.2) is 31.1 Å². The van der Waals surface area contributed by atoms with Gasteiger partial charge in [0.15, 0.2) is 6.10 Å². The average molecular weight is 423 g/mol. The molecular formula is C23H22N2O4S. The van der Waals surface area contributed by atoms with Gasteiger partial charge in [0.1, 0.15) is 18.1 Å². The molecule has 0 fully saturated rings. The van der Waals surface area contributed by atoms with Crippen LogP contribution < -0.4 is 19.7 Å². The Labute approximate surface area is 179 Å². The highest BCUT2D eigenvalue weighted by atomic mass is 32.1. The quantitative estimate of drug-likeness (QED) is 0.622. The molecule has 2 aromatic carbocycles. The van der Waals surface area contributed by atoms with Crippen LogP contribution in [0, 0.1) is 0 Å². The monoisotopic (exact) mass is 422 g/mol. The average Bonchev–Trinajstić information content (AvgIpc) is 3.24. The Kier molecular flexibility index (Phi) is 5.99. The van der Waals surface area contributed by atoms with Crippen LogP contribution in [0.5, 0.6) is 11.5 Å². The summed E-state index contributed by atoms with van der Waals surface area (Å²) in [7, 11) is 0. The zero-order valence-electron chi connectivity index (χ0n) is 16.5. The van der Waals surface area contributed by atoms with E-state index in [2.05, 4.69) is 5.32 Å². The largest absolute Gasteiger partial charge is 0.492 e. The maximum absolute atomic E-state index is 12.6. The van der Waals surface area contributed by atoms with Crippen LogP contribution in [0.25, 0.3) is 0 Å². The third kappa shape index (κ3) is 4.63. The van der Waals surface area contributed by atoms with Gasteiger partial charge in [0, 0.05) is 16.6 Å². The van der Waals surface area contributed by atoms with Gasteiger partial charge in [-0.15, -0.1) is 11.3 Å². The van der Waals surface area contributed by atoms with Crippen LogP contribution in [0.3, 0.4) is 0 Å². The first kappa shape index (κ1) is 20.0. The van der Waals surface area contributed by atoms with E-state index < -0.39 is 6.10 Å². The second kappa shape index (κ2) is 9.00. The van der Waals surface area contributed by atoms with E-state index in [-0.39, 0.29) is 11.8 Å². The SMILES string of the molecule is CC1Oc2cc(NC(=O)Cc3cccs3)ccc2N(CCOc2ccccc2)C1=O. The predicted molar refractivity (Wildman–Crippen MR) is 117 cm³/mol. The number of hydrogen-bond donors (Lipinski definition) is 1. The van der Waals surface area contributed by atoms with Gasteiger partial charge in [-0.3, -0.25) is 9.59 Å². The van der Waals surface area contributed by atoms with E-state index in [1.54, 1.807) is 41.4 Å². The molecule has 1 unspecified atom stereocenters. The lowest BCUT2D eigenvalue weighted by Gasteiger charge is -2.33. The number of amides is 2. The van der Waals surface area contributed by atoms with Crippen molar-refractivity contribution in [1.29, 1.82) is 0 Å². The van der Waals surface area contributed by atoms with Crippen molar-refractivity contribution >= 4 is 34.5 Å². The van der Waals surface area contributed by atoms with Gasteiger partial charge in [-0.2, -0.15) is 0 Å². The van der Waals surface area contributed by atoms with Gasteiger partial charge in [-0.1, -0.05) is 24.3 Å². The molecule has 154 valence electrons. The second-order valence-corrected chi connectivity index (χ2v) is 7.93. The highest BCUT2D eigenvalue weighted by Crippen LogP contribution is 2.36. The first-order valence-corrected chi connectivity index (χ1v) is 10.6. The normalized spacial score (nSPS) is 15.3. The number of rotatable bonds is 7. The molecule has 1 atom stereocenters. The van der Waals surface area contributed by atoms with Crippen molar-refractivity contribution in [2.45, 2.75) is 19.4 Å². The van der Waals surface area contributed by atoms with E-state index in [9.17, 15) is 9.59 Å². The van der Waals surface area contributed by atoms with Gasteiger partial charge in [0.2, 0.25) is 5.91 Å². The van der Waals surface area contributed by atoms with E-state index in [0.29, 0.717) is 36.7 Å². The summed E-state index contributed by atoms with van der Waals surface area (Å²) in [5, 5.41) is 4.84. The van der Waals surface area contributed by atoms with E-state index in [1.165, 1.54) is 0 Å². The number of nitrogens with zero attached hydrogens (tertiary/aromatic N) is 1. The molecule has 1 aromatic heterocycles. The highest BCUT2D eigenvalue weighted by molar-refractivity contribution is 7.10. The summed E-state index contributed by atoms with van der Waals surface area (Å²) in [5.41, 5.74) is 1.31. The summed E-state index contributed by atoms with van der Waals surface area (Å²) < 4.78 is 11.5. The number of carbonyl (C=O) groups is 2. The first-order chi connectivity index (χ1) is 14.6. The van der Waals surface area contributed by atoms with Gasteiger partial charge in [-0.25, -0.2) is 0 Å². The smallest absolute Gasteiger partial charge is 0.267 e. The van der Waals surface area contributed by atoms with Crippen LogP contribution in [0.15, 0.2) is 66.0 Å². The molecule has 0 aliphatic carbocycles. The van der Waals surface area contributed by atoms with Crippen LogP contribution in [0.2, 0.25) is 0 Å². The number of para-hydroxylation sites is 1. The number of fused-ring (bicyclic) bond motifs is 1. The van der Waals surface area contributed by atoms with Gasteiger partial charge < -0.3 is 19.7 Å². The lowest BCUT2D eigenvalue weighted by Crippen LogP contribution is -2.46. The molecule has 0 saturated carbocycles. The molecular weight excluding hydrogens is 400 g/mol. The summed E-state index contributed by atoms with van der Waals surface area (Å²) in [6.07, 6.45) is -0.278. The van der Waals surface area contributed by atoms with Crippen molar-refractivity contribution in [2.75, 3.05) is 23.4 Å². The Morgan fingerprint density at radius 3 is 2.77 bits per heavy atom. The maximum Gasteiger partial charge on any atom is 0.267 e. The van der Waals surface area contributed by atoms with Crippen LogP contribution in [0.4, 0.5) is 11.4 Å². The van der Waals surface area contributed by atoms with E-state index >= 15 is 0 Å². The summed E-state index contributed by atoms with van der Waals surface area (Å²) in [6, 6.07) is 18.7. The van der Waals surface area contributed by atoms with Crippen LogP contribution in [-0.2, 0) is 16.0 Å². The third-order valence-electron chi connectivity index (χ3n) is 4.69. The molecule has 0 saturated heterocycles. The molecule has 1 N–H and O–H groups in total. The van der Waals surface area contributed by atoms with Crippen molar-refractivity contribution < 1.29 is 19.1 Å². The number of hydrogen-bond acceptors (Lipinski definition) is 5. The van der Waals surface area contributed by atoms with Gasteiger partial charge >= 0.3 is 0 Å². The number of carbonyl (C=O) groups excluding carboxylic acids is 2. The lowest BCUT2D eigenvalue weighted by molar-refractivity contribution is -0.125. The first-order valence-electron chi connectivity index (χ1n) is 9.72. The van der Waals surface area contributed by atoms with Crippen molar-refractivity contribution in [3.05, 3.63) is 70.9 Å². The molecule has 0 spiro atoms. The molecule has 1 aliphatic rings. The van der Waals surface area contributed by atoms with Crippen molar-refractivity contribution in [3.8, 4) is 11.5 Å². The summed E-state index contributed by atoms with van der Waals surface area (Å²) in [4.78, 5) is 27.6. The fourth-order valence-electron chi connectivity index (χ4n) is 3.27. The fraction of sp³-hybridized carbons (Fsp3) is 0.217. The lowest BCUT2D eigenvalue weighted by atomic mass is 10.1. The molecule has 6 nitrogen and oxygen atoms in total. The van der Waals surface area contributed by atoms with E-state index in [1.807, 2.05) is 47.8 Å². The van der Waals surface area contributed by atoms with E-state index in [4.69, 9.17) is 9.47 Å². The molecule has 2 amide bonds. The molecule has 2 heterocycles. The number of thiophene rings is 1. The van der Waals surface area contributed by atoms with Gasteiger partial charge in [0.05, 0.1) is 18.7 Å².